The molecule has 2 aromatic rings. The Morgan fingerprint density at radius 1 is 1.20 bits per heavy atom. The number of rotatable bonds is 5. The molecule has 0 saturated carbocycles. The normalized spacial score (nSPS) is 23.8. The monoisotopic (exact) mass is 447 g/mol. The van der Waals surface area contributed by atoms with Crippen molar-refractivity contribution in [2.75, 3.05) is 12.8 Å². The molecule has 4 rings (SSSR count). The average molecular weight is 448 g/mol. The standard InChI is InChI=1S/C23H27Cl2N3O2/c1-30-21-13-20(26)19(25)12-18(21)22(29)27-23-10-2-4-17(5-3-11-23)28(23)14-15-6-8-16(24)9-7-15/h6-9,12-13,17H,2-5,10-11,14,26H2,1H3,(H,27,29). The Morgan fingerprint density at radius 2 is 1.87 bits per heavy atom. The highest BCUT2D eigenvalue weighted by atomic mass is 35.5. The molecular weight excluding hydrogens is 421 g/mol. The summed E-state index contributed by atoms with van der Waals surface area (Å²) in [5.41, 5.74) is 7.50. The van der Waals surface area contributed by atoms with Crippen molar-refractivity contribution in [1.82, 2.24) is 10.2 Å². The Hall–Kier alpha value is -1.95. The number of anilines is 1. The molecule has 2 bridgehead atoms. The number of nitrogens with one attached hydrogen (secondary N) is 1. The van der Waals surface area contributed by atoms with E-state index in [0.29, 0.717) is 28.1 Å². The van der Waals surface area contributed by atoms with Crippen LogP contribution in [0, 0.1) is 0 Å². The molecule has 5 nitrogen and oxygen atoms in total. The van der Waals surface area contributed by atoms with Crippen LogP contribution in [0.4, 0.5) is 5.69 Å². The Balaban J connectivity index is 1.63. The maximum Gasteiger partial charge on any atom is 0.256 e. The second kappa shape index (κ2) is 8.66. The fourth-order valence-electron chi connectivity index (χ4n) is 4.94. The summed E-state index contributed by atoms with van der Waals surface area (Å²) in [6, 6.07) is 11.6. The third-order valence-corrected chi connectivity index (χ3v) is 7.00. The van der Waals surface area contributed by atoms with Crippen LogP contribution in [0.1, 0.15) is 54.4 Å². The van der Waals surface area contributed by atoms with Crippen LogP contribution in [0.15, 0.2) is 36.4 Å². The average Bonchev–Trinajstić information content (AvgIpc) is 2.72. The lowest BCUT2D eigenvalue weighted by molar-refractivity contribution is -0.0623. The zero-order valence-electron chi connectivity index (χ0n) is 17.1. The molecule has 0 aliphatic carbocycles. The highest BCUT2D eigenvalue weighted by Gasteiger charge is 2.47. The number of nitrogens with two attached hydrogens (primary N) is 1. The van der Waals surface area contributed by atoms with Crippen molar-refractivity contribution >= 4 is 34.8 Å². The van der Waals surface area contributed by atoms with Gasteiger partial charge in [0.15, 0.2) is 0 Å². The number of ether oxygens (including phenoxy) is 1. The van der Waals surface area contributed by atoms with Crippen LogP contribution in [0.5, 0.6) is 5.75 Å². The van der Waals surface area contributed by atoms with E-state index in [4.69, 9.17) is 33.7 Å². The summed E-state index contributed by atoms with van der Waals surface area (Å²) in [5, 5.41) is 4.44. The number of methoxy groups -OCH3 is 1. The van der Waals surface area contributed by atoms with E-state index in [1.54, 1.807) is 12.1 Å². The largest absolute Gasteiger partial charge is 0.496 e. The van der Waals surface area contributed by atoms with Crippen molar-refractivity contribution in [2.24, 2.45) is 0 Å². The van der Waals surface area contributed by atoms with E-state index in [1.165, 1.54) is 12.7 Å². The number of benzene rings is 2. The first-order valence-electron chi connectivity index (χ1n) is 10.4. The Morgan fingerprint density at radius 3 is 2.50 bits per heavy atom. The molecule has 2 aliphatic rings. The molecule has 7 heteroatoms. The zero-order chi connectivity index (χ0) is 21.3. The predicted octanol–water partition coefficient (Wildman–Crippen LogP) is 5.25. The third-order valence-electron chi connectivity index (χ3n) is 6.42. The van der Waals surface area contributed by atoms with Crippen LogP contribution < -0.4 is 15.8 Å². The van der Waals surface area contributed by atoms with Gasteiger partial charge in [-0.3, -0.25) is 9.69 Å². The first-order valence-corrected chi connectivity index (χ1v) is 11.1. The van der Waals surface area contributed by atoms with Crippen molar-refractivity contribution in [3.63, 3.8) is 0 Å². The predicted molar refractivity (Wildman–Crippen MR) is 121 cm³/mol. The Kier molecular flexibility index (Phi) is 6.14. The minimum Gasteiger partial charge on any atom is -0.496 e. The second-order valence-corrected chi connectivity index (χ2v) is 9.10. The van der Waals surface area contributed by atoms with Crippen molar-refractivity contribution in [2.45, 2.75) is 56.8 Å². The number of amides is 1. The quantitative estimate of drug-likeness (QED) is 0.614. The highest BCUT2D eigenvalue weighted by molar-refractivity contribution is 6.33. The fourth-order valence-corrected chi connectivity index (χ4v) is 5.23. The maximum atomic E-state index is 13.4. The van der Waals surface area contributed by atoms with Gasteiger partial charge in [0.2, 0.25) is 0 Å². The summed E-state index contributed by atoms with van der Waals surface area (Å²) in [6.45, 7) is 0.780. The van der Waals surface area contributed by atoms with Crippen LogP contribution >= 0.6 is 23.2 Å². The highest BCUT2D eigenvalue weighted by Crippen LogP contribution is 2.42. The van der Waals surface area contributed by atoms with Gasteiger partial charge in [0.1, 0.15) is 5.75 Å². The third kappa shape index (κ3) is 4.11. The summed E-state index contributed by atoms with van der Waals surface area (Å²) in [4.78, 5) is 15.8. The number of nitrogen functional groups attached to an aromatic ring is 1. The van der Waals surface area contributed by atoms with Gasteiger partial charge in [-0.2, -0.15) is 0 Å². The maximum absolute atomic E-state index is 13.4. The second-order valence-electron chi connectivity index (χ2n) is 8.25. The molecule has 2 heterocycles. The van der Waals surface area contributed by atoms with E-state index < -0.39 is 0 Å². The van der Waals surface area contributed by atoms with Crippen LogP contribution in [0.25, 0.3) is 0 Å². The Labute approximate surface area is 187 Å². The van der Waals surface area contributed by atoms with E-state index in [2.05, 4.69) is 22.3 Å². The molecule has 30 heavy (non-hydrogen) atoms. The van der Waals surface area contributed by atoms with Gasteiger partial charge in [-0.15, -0.1) is 0 Å². The van der Waals surface area contributed by atoms with E-state index in [0.717, 1.165) is 50.1 Å². The molecule has 0 aromatic heterocycles. The molecular formula is C23H27Cl2N3O2. The summed E-state index contributed by atoms with van der Waals surface area (Å²) >= 11 is 12.3. The smallest absolute Gasteiger partial charge is 0.256 e. The molecule has 2 fully saturated rings. The molecule has 3 N–H and O–H groups in total. The molecule has 160 valence electrons. The van der Waals surface area contributed by atoms with Crippen LogP contribution in [0.2, 0.25) is 10.0 Å². The van der Waals surface area contributed by atoms with Crippen molar-refractivity contribution in [3.05, 3.63) is 57.6 Å². The first-order chi connectivity index (χ1) is 14.4. The summed E-state index contributed by atoms with van der Waals surface area (Å²) in [5.74, 6) is 0.246. The molecule has 2 aliphatic heterocycles. The summed E-state index contributed by atoms with van der Waals surface area (Å²) in [6.07, 6.45) is 6.36. The topological polar surface area (TPSA) is 67.6 Å². The van der Waals surface area contributed by atoms with Gasteiger partial charge >= 0.3 is 0 Å². The summed E-state index contributed by atoms with van der Waals surface area (Å²) < 4.78 is 5.40. The molecule has 0 unspecified atom stereocenters. The zero-order valence-corrected chi connectivity index (χ0v) is 18.6. The van der Waals surface area contributed by atoms with Gasteiger partial charge < -0.3 is 15.8 Å². The van der Waals surface area contributed by atoms with E-state index in [1.807, 2.05) is 12.1 Å². The van der Waals surface area contributed by atoms with Crippen LogP contribution in [0.3, 0.4) is 0 Å². The Bertz CT molecular complexity index is 923. The SMILES string of the molecule is COc1cc(N)c(Cl)cc1C(=O)NC12CCCC(CCC1)N2Cc1ccc(Cl)cc1. The molecule has 2 aromatic carbocycles. The lowest BCUT2D eigenvalue weighted by Crippen LogP contribution is -2.67. The number of hydrogen-bond acceptors (Lipinski definition) is 4. The van der Waals surface area contributed by atoms with Gasteiger partial charge in [0.05, 0.1) is 29.0 Å². The van der Waals surface area contributed by atoms with Crippen molar-refractivity contribution < 1.29 is 9.53 Å². The summed E-state index contributed by atoms with van der Waals surface area (Å²) in [7, 11) is 1.53. The van der Waals surface area contributed by atoms with Gasteiger partial charge in [0.25, 0.3) is 5.91 Å². The molecule has 0 spiro atoms. The number of piperidine rings is 2. The first kappa shape index (κ1) is 21.3. The lowest BCUT2D eigenvalue weighted by Gasteiger charge is -2.55. The van der Waals surface area contributed by atoms with Gasteiger partial charge in [-0.1, -0.05) is 35.3 Å². The molecule has 0 radical (unpaired) electrons. The minimum atomic E-state index is -0.378. The number of carbonyl (C=O) groups excluding carboxylic acids is 1. The van der Waals surface area contributed by atoms with Crippen LogP contribution in [-0.2, 0) is 6.54 Å². The number of carbonyl (C=O) groups is 1. The van der Waals surface area contributed by atoms with E-state index >= 15 is 0 Å². The molecule has 2 saturated heterocycles. The fraction of sp³-hybridized carbons (Fsp3) is 0.435. The number of hydrogen-bond donors (Lipinski definition) is 2. The van der Waals surface area contributed by atoms with E-state index in [-0.39, 0.29) is 11.6 Å². The number of fused-ring (bicyclic) bond motifs is 2. The van der Waals surface area contributed by atoms with Gasteiger partial charge in [0, 0.05) is 23.7 Å². The van der Waals surface area contributed by atoms with Gasteiger partial charge in [-0.25, -0.2) is 0 Å². The van der Waals surface area contributed by atoms with Crippen LogP contribution in [-0.4, -0.2) is 29.6 Å². The molecule has 1 amide bonds. The van der Waals surface area contributed by atoms with Crippen molar-refractivity contribution in [1.29, 1.82) is 0 Å². The van der Waals surface area contributed by atoms with Crippen molar-refractivity contribution in [3.8, 4) is 5.75 Å². The lowest BCUT2D eigenvalue weighted by atomic mass is 9.79. The number of nitrogens with zero attached hydrogens (tertiary/aromatic N) is 1. The van der Waals surface area contributed by atoms with E-state index in [9.17, 15) is 4.79 Å². The van der Waals surface area contributed by atoms with Gasteiger partial charge in [-0.05, 0) is 62.3 Å². The number of halogens is 2. The minimum absolute atomic E-state index is 0.183. The molecule has 0 atom stereocenters.